The fourth-order valence-corrected chi connectivity index (χ4v) is 3.94. The fourth-order valence-electron chi connectivity index (χ4n) is 3.94. The van der Waals surface area contributed by atoms with Crippen molar-refractivity contribution >= 4 is 0 Å². The van der Waals surface area contributed by atoms with Crippen LogP contribution in [-0.2, 0) is 12.8 Å². The third kappa shape index (κ3) is 4.84. The first kappa shape index (κ1) is 18.9. The van der Waals surface area contributed by atoms with Gasteiger partial charge in [-0.1, -0.05) is 68.8 Å². The van der Waals surface area contributed by atoms with Gasteiger partial charge in [-0.15, -0.1) is 0 Å². The average Bonchev–Trinajstić information content (AvgIpc) is 2.68. The normalized spacial score (nSPS) is 19.7. The molecule has 0 aliphatic heterocycles. The molecular weight excluding hydrogens is 319 g/mol. The van der Waals surface area contributed by atoms with E-state index in [9.17, 15) is 4.39 Å². The van der Waals surface area contributed by atoms with Crippen LogP contribution in [0.3, 0.4) is 0 Å². The van der Waals surface area contributed by atoms with Crippen molar-refractivity contribution in [1.29, 1.82) is 0 Å². The van der Waals surface area contributed by atoms with Crippen molar-refractivity contribution in [2.45, 2.75) is 58.8 Å². The highest BCUT2D eigenvalue weighted by Gasteiger charge is 2.15. The van der Waals surface area contributed by atoms with Gasteiger partial charge in [-0.2, -0.15) is 0 Å². The lowest BCUT2D eigenvalue weighted by Crippen LogP contribution is -2.09. The summed E-state index contributed by atoms with van der Waals surface area (Å²) in [6.45, 7) is 4.44. The van der Waals surface area contributed by atoms with Crippen LogP contribution in [0.15, 0.2) is 54.6 Å². The van der Waals surface area contributed by atoms with Crippen molar-refractivity contribution in [2.24, 2.45) is 11.8 Å². The highest BCUT2D eigenvalue weighted by molar-refractivity contribution is 5.64. The van der Waals surface area contributed by atoms with Gasteiger partial charge in [0, 0.05) is 0 Å². The van der Waals surface area contributed by atoms with Gasteiger partial charge in [0.2, 0.25) is 0 Å². The Hall–Kier alpha value is -1.89. The van der Waals surface area contributed by atoms with Crippen LogP contribution in [0.1, 0.15) is 57.1 Å². The second kappa shape index (κ2) is 9.16. The Morgan fingerprint density at radius 1 is 0.846 bits per heavy atom. The Labute approximate surface area is 158 Å². The van der Waals surface area contributed by atoms with E-state index in [0.29, 0.717) is 5.92 Å². The van der Waals surface area contributed by atoms with Gasteiger partial charge in [-0.05, 0) is 78.7 Å². The SMILES string of the molecule is CCCc1ccc(-c2ccc(CCC3C=CC(CC)CC3)c(F)c2)cc1. The van der Waals surface area contributed by atoms with Crippen LogP contribution >= 0.6 is 0 Å². The highest BCUT2D eigenvalue weighted by Crippen LogP contribution is 2.29. The van der Waals surface area contributed by atoms with Gasteiger partial charge in [0.1, 0.15) is 5.82 Å². The molecule has 0 amide bonds. The molecule has 0 saturated heterocycles. The van der Waals surface area contributed by atoms with Gasteiger partial charge in [0.15, 0.2) is 0 Å². The summed E-state index contributed by atoms with van der Waals surface area (Å²) >= 11 is 0. The zero-order valence-corrected chi connectivity index (χ0v) is 16.2. The van der Waals surface area contributed by atoms with Crippen LogP contribution in [0.2, 0.25) is 0 Å². The molecule has 1 aliphatic carbocycles. The molecule has 0 radical (unpaired) electrons. The molecule has 0 bridgehead atoms. The molecule has 0 fully saturated rings. The van der Waals surface area contributed by atoms with E-state index in [0.717, 1.165) is 48.3 Å². The van der Waals surface area contributed by atoms with Crippen molar-refractivity contribution in [3.05, 3.63) is 71.6 Å². The topological polar surface area (TPSA) is 0 Å². The molecule has 0 nitrogen and oxygen atoms in total. The third-order valence-corrected chi connectivity index (χ3v) is 5.75. The molecule has 0 N–H and O–H groups in total. The van der Waals surface area contributed by atoms with Crippen LogP contribution in [0.4, 0.5) is 4.39 Å². The van der Waals surface area contributed by atoms with Crippen LogP contribution < -0.4 is 0 Å². The summed E-state index contributed by atoms with van der Waals surface area (Å²) in [4.78, 5) is 0. The zero-order valence-electron chi connectivity index (χ0n) is 16.2. The zero-order chi connectivity index (χ0) is 18.4. The molecule has 0 aromatic heterocycles. The summed E-state index contributed by atoms with van der Waals surface area (Å²) in [6, 6.07) is 14.3. The monoisotopic (exact) mass is 350 g/mol. The lowest BCUT2D eigenvalue weighted by atomic mass is 9.84. The van der Waals surface area contributed by atoms with Gasteiger partial charge in [-0.25, -0.2) is 4.39 Å². The third-order valence-electron chi connectivity index (χ3n) is 5.75. The van der Waals surface area contributed by atoms with Gasteiger partial charge in [-0.3, -0.25) is 0 Å². The maximum absolute atomic E-state index is 14.6. The number of benzene rings is 2. The second-order valence-electron chi connectivity index (χ2n) is 7.68. The van der Waals surface area contributed by atoms with Crippen molar-refractivity contribution in [2.75, 3.05) is 0 Å². The Balaban J connectivity index is 1.62. The number of halogens is 1. The van der Waals surface area contributed by atoms with Gasteiger partial charge in [0.25, 0.3) is 0 Å². The molecule has 2 aromatic carbocycles. The summed E-state index contributed by atoms with van der Waals surface area (Å²) in [5, 5.41) is 0. The van der Waals surface area contributed by atoms with Crippen molar-refractivity contribution < 1.29 is 4.39 Å². The van der Waals surface area contributed by atoms with Crippen LogP contribution in [-0.4, -0.2) is 0 Å². The second-order valence-corrected chi connectivity index (χ2v) is 7.68. The largest absolute Gasteiger partial charge is 0.207 e. The van der Waals surface area contributed by atoms with Crippen molar-refractivity contribution in [3.63, 3.8) is 0 Å². The molecule has 0 saturated carbocycles. The van der Waals surface area contributed by atoms with Gasteiger partial charge < -0.3 is 0 Å². The standard InChI is InChI=1S/C25H31F/c1-3-5-20-10-13-22(14-11-20)24-17-16-23(25(26)18-24)15-12-21-8-6-19(4-2)7-9-21/h6,8,10-11,13-14,16-19,21H,3-5,7,9,12,15H2,1-2H3. The lowest BCUT2D eigenvalue weighted by Gasteiger charge is -2.22. The van der Waals surface area contributed by atoms with E-state index in [2.05, 4.69) is 56.3 Å². The minimum atomic E-state index is -0.0636. The fraction of sp³-hybridized carbons (Fsp3) is 0.440. The maximum Gasteiger partial charge on any atom is 0.127 e. The average molecular weight is 351 g/mol. The number of hydrogen-bond donors (Lipinski definition) is 0. The Morgan fingerprint density at radius 3 is 2.15 bits per heavy atom. The molecule has 2 aromatic rings. The van der Waals surface area contributed by atoms with Crippen LogP contribution in [0.5, 0.6) is 0 Å². The van der Waals surface area contributed by atoms with Crippen LogP contribution in [0, 0.1) is 17.7 Å². The minimum Gasteiger partial charge on any atom is -0.207 e. The first-order valence-electron chi connectivity index (χ1n) is 10.3. The summed E-state index contributed by atoms with van der Waals surface area (Å²) in [6.07, 6.45) is 12.6. The number of rotatable bonds is 7. The van der Waals surface area contributed by atoms with E-state index < -0.39 is 0 Å². The Kier molecular flexibility index (Phi) is 6.66. The maximum atomic E-state index is 14.6. The van der Waals surface area contributed by atoms with Crippen LogP contribution in [0.25, 0.3) is 11.1 Å². The molecule has 2 unspecified atom stereocenters. The predicted molar refractivity (Wildman–Crippen MR) is 110 cm³/mol. The van der Waals surface area contributed by atoms with Gasteiger partial charge >= 0.3 is 0 Å². The van der Waals surface area contributed by atoms with E-state index >= 15 is 0 Å². The molecule has 138 valence electrons. The molecule has 3 rings (SSSR count). The van der Waals surface area contributed by atoms with Crippen molar-refractivity contribution in [1.82, 2.24) is 0 Å². The first-order chi connectivity index (χ1) is 12.7. The van der Waals surface area contributed by atoms with Gasteiger partial charge in [0.05, 0.1) is 0 Å². The molecule has 1 heteroatoms. The number of aryl methyl sites for hydroxylation is 2. The quantitative estimate of drug-likeness (QED) is 0.457. The van der Waals surface area contributed by atoms with E-state index in [1.54, 1.807) is 6.07 Å². The summed E-state index contributed by atoms with van der Waals surface area (Å²) in [5.41, 5.74) is 4.26. The summed E-state index contributed by atoms with van der Waals surface area (Å²) in [5.74, 6) is 1.31. The molecule has 0 heterocycles. The lowest BCUT2D eigenvalue weighted by molar-refractivity contribution is 0.427. The van der Waals surface area contributed by atoms with E-state index in [1.165, 1.54) is 24.8 Å². The molecular formula is C25H31F. The smallest absolute Gasteiger partial charge is 0.127 e. The van der Waals surface area contributed by atoms with E-state index in [1.807, 2.05) is 6.07 Å². The molecule has 0 spiro atoms. The Morgan fingerprint density at radius 2 is 1.54 bits per heavy atom. The predicted octanol–water partition coefficient (Wildman–Crippen LogP) is 7.37. The highest BCUT2D eigenvalue weighted by atomic mass is 19.1. The summed E-state index contributed by atoms with van der Waals surface area (Å²) < 4.78 is 14.6. The summed E-state index contributed by atoms with van der Waals surface area (Å²) in [7, 11) is 0. The Bertz CT molecular complexity index is 726. The van der Waals surface area contributed by atoms with E-state index in [-0.39, 0.29) is 5.82 Å². The molecule has 26 heavy (non-hydrogen) atoms. The first-order valence-corrected chi connectivity index (χ1v) is 10.3. The molecule has 2 atom stereocenters. The van der Waals surface area contributed by atoms with E-state index in [4.69, 9.17) is 0 Å². The minimum absolute atomic E-state index is 0.0636. The number of hydrogen-bond acceptors (Lipinski definition) is 0. The van der Waals surface area contributed by atoms with Crippen molar-refractivity contribution in [3.8, 4) is 11.1 Å². The number of allylic oxidation sites excluding steroid dienone is 2. The molecule has 1 aliphatic rings.